The molecule has 148 valence electrons. The van der Waals surface area contributed by atoms with Crippen LogP contribution in [0, 0.1) is 0 Å². The summed E-state index contributed by atoms with van der Waals surface area (Å²) in [5.41, 5.74) is 4.30. The van der Waals surface area contributed by atoms with Crippen molar-refractivity contribution in [2.24, 2.45) is 0 Å². The summed E-state index contributed by atoms with van der Waals surface area (Å²) in [6, 6.07) is 15.6. The van der Waals surface area contributed by atoms with Gasteiger partial charge >= 0.3 is 6.09 Å². The van der Waals surface area contributed by atoms with Gasteiger partial charge in [-0.15, -0.1) is 0 Å². The first-order valence-electron chi connectivity index (χ1n) is 9.78. The van der Waals surface area contributed by atoms with Gasteiger partial charge in [0.1, 0.15) is 6.61 Å². The number of ether oxygens (including phenoxy) is 1. The van der Waals surface area contributed by atoms with Crippen molar-refractivity contribution < 1.29 is 14.3 Å². The van der Waals surface area contributed by atoms with Crippen LogP contribution in [0.5, 0.6) is 0 Å². The van der Waals surface area contributed by atoms with Gasteiger partial charge in [0.15, 0.2) is 0 Å². The molecular formula is C22H27N3O3. The van der Waals surface area contributed by atoms with Crippen LogP contribution < -0.4 is 15.5 Å². The molecule has 0 bridgehead atoms. The molecule has 1 heterocycles. The lowest BCUT2D eigenvalue weighted by atomic mass is 10.1. The molecule has 1 aliphatic rings. The Kier molecular flexibility index (Phi) is 6.89. The van der Waals surface area contributed by atoms with Gasteiger partial charge in [-0.2, -0.15) is 0 Å². The molecule has 0 unspecified atom stereocenters. The van der Waals surface area contributed by atoms with Crippen molar-refractivity contribution in [2.75, 3.05) is 29.9 Å². The molecule has 3 rings (SSSR count). The smallest absolute Gasteiger partial charge is 0.407 e. The Bertz CT molecular complexity index is 808. The molecule has 2 amide bonds. The molecule has 6 nitrogen and oxygen atoms in total. The van der Waals surface area contributed by atoms with Gasteiger partial charge in [-0.25, -0.2) is 4.79 Å². The van der Waals surface area contributed by atoms with E-state index in [9.17, 15) is 9.59 Å². The molecule has 0 atom stereocenters. The maximum Gasteiger partial charge on any atom is 0.407 e. The van der Waals surface area contributed by atoms with Gasteiger partial charge in [0, 0.05) is 37.4 Å². The van der Waals surface area contributed by atoms with E-state index in [0.29, 0.717) is 19.4 Å². The fourth-order valence-electron chi connectivity index (χ4n) is 3.29. The third kappa shape index (κ3) is 5.49. The number of nitrogens with zero attached hydrogens (tertiary/aromatic N) is 1. The van der Waals surface area contributed by atoms with E-state index in [1.165, 1.54) is 11.3 Å². The van der Waals surface area contributed by atoms with Gasteiger partial charge in [0.25, 0.3) is 0 Å². The number of anilines is 2. The molecule has 0 saturated heterocycles. The van der Waals surface area contributed by atoms with Crippen LogP contribution in [-0.4, -0.2) is 31.6 Å². The van der Waals surface area contributed by atoms with Crippen LogP contribution in [0.25, 0.3) is 0 Å². The molecular weight excluding hydrogens is 354 g/mol. The largest absolute Gasteiger partial charge is 0.445 e. The molecule has 2 aromatic carbocycles. The van der Waals surface area contributed by atoms with Crippen molar-refractivity contribution in [3.63, 3.8) is 0 Å². The zero-order valence-electron chi connectivity index (χ0n) is 16.2. The first kappa shape index (κ1) is 19.7. The molecule has 6 heteroatoms. The van der Waals surface area contributed by atoms with Crippen LogP contribution in [0.15, 0.2) is 48.5 Å². The third-order valence-electron chi connectivity index (χ3n) is 4.81. The standard InChI is InChI=1S/C22H27N3O3/c1-2-25-14-12-18-10-11-19(15-20(18)25)24-21(26)9-6-13-23-22(27)28-16-17-7-4-3-5-8-17/h3-5,7-8,10-11,15H,2,6,9,12-14,16H2,1H3,(H,23,27)(H,24,26). The van der Waals surface area contributed by atoms with Crippen LogP contribution in [0.3, 0.4) is 0 Å². The van der Waals surface area contributed by atoms with E-state index in [-0.39, 0.29) is 12.5 Å². The van der Waals surface area contributed by atoms with Gasteiger partial charge in [0.2, 0.25) is 5.91 Å². The number of amides is 2. The first-order chi connectivity index (χ1) is 13.7. The number of alkyl carbamates (subject to hydrolysis) is 1. The minimum atomic E-state index is -0.470. The fraction of sp³-hybridized carbons (Fsp3) is 0.364. The lowest BCUT2D eigenvalue weighted by molar-refractivity contribution is -0.116. The first-order valence-corrected chi connectivity index (χ1v) is 9.78. The van der Waals surface area contributed by atoms with E-state index in [0.717, 1.165) is 30.8 Å². The van der Waals surface area contributed by atoms with Gasteiger partial charge in [-0.1, -0.05) is 36.4 Å². The Morgan fingerprint density at radius 3 is 2.75 bits per heavy atom. The highest BCUT2D eigenvalue weighted by Crippen LogP contribution is 2.30. The van der Waals surface area contributed by atoms with Crippen molar-refractivity contribution in [3.05, 3.63) is 59.7 Å². The van der Waals surface area contributed by atoms with E-state index >= 15 is 0 Å². The number of hydrogen-bond donors (Lipinski definition) is 2. The topological polar surface area (TPSA) is 70.7 Å². The summed E-state index contributed by atoms with van der Waals surface area (Å²) in [5, 5.41) is 5.61. The molecule has 0 aromatic heterocycles. The van der Waals surface area contributed by atoms with E-state index < -0.39 is 6.09 Å². The maximum absolute atomic E-state index is 12.2. The van der Waals surface area contributed by atoms with Crippen molar-refractivity contribution in [3.8, 4) is 0 Å². The average Bonchev–Trinajstić information content (AvgIpc) is 3.13. The summed E-state index contributed by atoms with van der Waals surface area (Å²) in [6.07, 6.45) is 1.48. The van der Waals surface area contributed by atoms with Crippen LogP contribution in [0.1, 0.15) is 30.9 Å². The van der Waals surface area contributed by atoms with Crippen molar-refractivity contribution in [2.45, 2.75) is 32.8 Å². The van der Waals surface area contributed by atoms with Crippen LogP contribution in [0.4, 0.5) is 16.2 Å². The molecule has 0 aliphatic carbocycles. The molecule has 28 heavy (non-hydrogen) atoms. The fourth-order valence-corrected chi connectivity index (χ4v) is 3.29. The van der Waals surface area contributed by atoms with Gasteiger partial charge in [-0.05, 0) is 43.0 Å². The van der Waals surface area contributed by atoms with E-state index in [2.05, 4.69) is 28.5 Å². The number of benzene rings is 2. The van der Waals surface area contributed by atoms with Crippen molar-refractivity contribution >= 4 is 23.4 Å². The molecule has 0 fully saturated rings. The van der Waals surface area contributed by atoms with Crippen molar-refractivity contribution in [1.82, 2.24) is 5.32 Å². The number of fused-ring (bicyclic) bond motifs is 1. The second-order valence-corrected chi connectivity index (χ2v) is 6.81. The van der Waals surface area contributed by atoms with Gasteiger partial charge in [0.05, 0.1) is 0 Å². The highest BCUT2D eigenvalue weighted by Gasteiger charge is 2.18. The van der Waals surface area contributed by atoms with Crippen LogP contribution in [-0.2, 0) is 22.6 Å². The highest BCUT2D eigenvalue weighted by molar-refractivity contribution is 5.91. The van der Waals surface area contributed by atoms with E-state index in [1.54, 1.807) is 0 Å². The summed E-state index contributed by atoms with van der Waals surface area (Å²) in [7, 11) is 0. The zero-order valence-corrected chi connectivity index (χ0v) is 16.2. The van der Waals surface area contributed by atoms with Gasteiger partial charge in [-0.3, -0.25) is 4.79 Å². The second-order valence-electron chi connectivity index (χ2n) is 6.81. The monoisotopic (exact) mass is 381 g/mol. The number of nitrogens with one attached hydrogen (secondary N) is 2. The second kappa shape index (κ2) is 9.78. The summed E-state index contributed by atoms with van der Waals surface area (Å²) >= 11 is 0. The number of carbonyl (C=O) groups is 2. The molecule has 1 aliphatic heterocycles. The Morgan fingerprint density at radius 2 is 1.96 bits per heavy atom. The zero-order chi connectivity index (χ0) is 19.8. The molecule has 2 N–H and O–H groups in total. The number of carbonyl (C=O) groups excluding carboxylic acids is 2. The maximum atomic E-state index is 12.2. The number of rotatable bonds is 8. The Balaban J connectivity index is 1.34. The minimum absolute atomic E-state index is 0.0551. The van der Waals surface area contributed by atoms with Crippen LogP contribution >= 0.6 is 0 Å². The molecule has 0 saturated carbocycles. The van der Waals surface area contributed by atoms with E-state index in [4.69, 9.17) is 4.74 Å². The predicted octanol–water partition coefficient (Wildman–Crippen LogP) is 3.71. The Hall–Kier alpha value is -3.02. The minimum Gasteiger partial charge on any atom is -0.445 e. The normalized spacial score (nSPS) is 12.4. The quantitative estimate of drug-likeness (QED) is 0.684. The van der Waals surface area contributed by atoms with E-state index in [1.807, 2.05) is 42.5 Å². The van der Waals surface area contributed by atoms with Crippen LogP contribution in [0.2, 0.25) is 0 Å². The summed E-state index contributed by atoms with van der Waals surface area (Å²) in [5.74, 6) is -0.0551. The SMILES string of the molecule is CCN1CCc2ccc(NC(=O)CCCNC(=O)OCc3ccccc3)cc21. The molecule has 0 radical (unpaired) electrons. The lowest BCUT2D eigenvalue weighted by Crippen LogP contribution is -2.26. The van der Waals surface area contributed by atoms with Crippen molar-refractivity contribution in [1.29, 1.82) is 0 Å². The summed E-state index contributed by atoms with van der Waals surface area (Å²) < 4.78 is 5.14. The third-order valence-corrected chi connectivity index (χ3v) is 4.81. The summed E-state index contributed by atoms with van der Waals surface area (Å²) in [6.45, 7) is 4.78. The molecule has 0 spiro atoms. The average molecular weight is 381 g/mol. The van der Waals surface area contributed by atoms with Gasteiger partial charge < -0.3 is 20.3 Å². The Labute approximate surface area is 165 Å². The highest BCUT2D eigenvalue weighted by atomic mass is 16.5. The molecule has 2 aromatic rings. The Morgan fingerprint density at radius 1 is 1.14 bits per heavy atom. The number of likely N-dealkylation sites (N-methyl/N-ethyl adjacent to an activating group) is 1. The summed E-state index contributed by atoms with van der Waals surface area (Å²) in [4.78, 5) is 26.1. The predicted molar refractivity (Wildman–Crippen MR) is 111 cm³/mol. The lowest BCUT2D eigenvalue weighted by Gasteiger charge is -2.17. The number of hydrogen-bond acceptors (Lipinski definition) is 4.